The molecule has 0 aromatic heterocycles. The van der Waals surface area contributed by atoms with Gasteiger partial charge in [-0.25, -0.2) is 0 Å². The molecule has 0 aromatic carbocycles. The fourth-order valence-electron chi connectivity index (χ4n) is 2.58. The van der Waals surface area contributed by atoms with Crippen LogP contribution in [0.4, 0.5) is 0 Å². The Labute approximate surface area is 135 Å². The zero-order chi connectivity index (χ0) is 16.8. The van der Waals surface area contributed by atoms with Gasteiger partial charge in [-0.2, -0.15) is 0 Å². The van der Waals surface area contributed by atoms with Crippen LogP contribution in [-0.2, 0) is 19.1 Å². The first-order valence-electron chi connectivity index (χ1n) is 8.93. The van der Waals surface area contributed by atoms with Gasteiger partial charge in [-0.3, -0.25) is 9.59 Å². The smallest absolute Gasteiger partial charge is 0.308 e. The van der Waals surface area contributed by atoms with Crippen molar-refractivity contribution >= 4 is 11.9 Å². The zero-order valence-corrected chi connectivity index (χ0v) is 14.9. The van der Waals surface area contributed by atoms with Crippen molar-refractivity contribution in [1.82, 2.24) is 0 Å². The second-order valence-electron chi connectivity index (χ2n) is 5.76. The molecular formula is C18H34O4. The van der Waals surface area contributed by atoms with Crippen LogP contribution in [0.3, 0.4) is 0 Å². The minimum atomic E-state index is -0.117. The molecule has 0 aliphatic carbocycles. The van der Waals surface area contributed by atoms with Crippen molar-refractivity contribution in [3.63, 3.8) is 0 Å². The van der Waals surface area contributed by atoms with E-state index in [2.05, 4.69) is 13.8 Å². The van der Waals surface area contributed by atoms with E-state index in [4.69, 9.17) is 9.47 Å². The molecule has 0 N–H and O–H groups in total. The minimum absolute atomic E-state index is 0.0848. The number of carbonyl (C=O) groups is 2. The quantitative estimate of drug-likeness (QED) is 0.469. The number of unbranched alkanes of at least 4 members (excludes halogenated alkanes) is 2. The van der Waals surface area contributed by atoms with Crippen LogP contribution in [0.5, 0.6) is 0 Å². The highest BCUT2D eigenvalue weighted by atomic mass is 16.5. The lowest BCUT2D eigenvalue weighted by Gasteiger charge is -2.19. The molecule has 0 radical (unpaired) electrons. The molecule has 2 atom stereocenters. The van der Waals surface area contributed by atoms with Crippen molar-refractivity contribution in [2.24, 2.45) is 11.8 Å². The second kappa shape index (κ2) is 13.6. The lowest BCUT2D eigenvalue weighted by atomic mass is 9.89. The average molecular weight is 314 g/mol. The molecule has 0 aliphatic heterocycles. The van der Waals surface area contributed by atoms with E-state index in [0.29, 0.717) is 26.1 Å². The predicted molar refractivity (Wildman–Crippen MR) is 88.5 cm³/mol. The lowest BCUT2D eigenvalue weighted by Crippen LogP contribution is -2.22. The molecule has 0 fully saturated rings. The first-order valence-corrected chi connectivity index (χ1v) is 8.93. The van der Waals surface area contributed by atoms with Gasteiger partial charge in [0, 0.05) is 0 Å². The van der Waals surface area contributed by atoms with E-state index in [-0.39, 0.29) is 23.8 Å². The fraction of sp³-hybridized carbons (Fsp3) is 0.889. The number of esters is 2. The molecule has 0 bridgehead atoms. The Morgan fingerprint density at radius 1 is 0.682 bits per heavy atom. The largest absolute Gasteiger partial charge is 0.466 e. The Morgan fingerprint density at radius 2 is 1.05 bits per heavy atom. The first-order chi connectivity index (χ1) is 10.6. The Balaban J connectivity index is 4.56. The van der Waals surface area contributed by atoms with E-state index in [0.717, 1.165) is 38.5 Å². The Bertz CT molecular complexity index is 271. The minimum Gasteiger partial charge on any atom is -0.466 e. The summed E-state index contributed by atoms with van der Waals surface area (Å²) < 4.78 is 10.3. The van der Waals surface area contributed by atoms with E-state index in [1.165, 1.54) is 0 Å². The van der Waals surface area contributed by atoms with E-state index in [1.54, 1.807) is 0 Å². The zero-order valence-electron chi connectivity index (χ0n) is 14.9. The standard InChI is InChI=1S/C18H34O4/c1-5-9-11-15(17(19)21-7-3)13-14-16(12-10-6-2)18(20)22-8-4/h15-16H,5-14H2,1-4H3. The molecule has 0 aromatic rings. The molecule has 22 heavy (non-hydrogen) atoms. The van der Waals surface area contributed by atoms with Crippen molar-refractivity contribution in [1.29, 1.82) is 0 Å². The van der Waals surface area contributed by atoms with Gasteiger partial charge in [-0.15, -0.1) is 0 Å². The lowest BCUT2D eigenvalue weighted by molar-refractivity contribution is -0.151. The number of ether oxygens (including phenoxy) is 2. The number of hydrogen-bond acceptors (Lipinski definition) is 4. The van der Waals surface area contributed by atoms with Gasteiger partial charge in [0.05, 0.1) is 25.0 Å². The van der Waals surface area contributed by atoms with Crippen LogP contribution in [0.25, 0.3) is 0 Å². The van der Waals surface area contributed by atoms with Gasteiger partial charge in [-0.1, -0.05) is 39.5 Å². The normalized spacial score (nSPS) is 13.5. The van der Waals surface area contributed by atoms with Crippen molar-refractivity contribution < 1.29 is 19.1 Å². The van der Waals surface area contributed by atoms with E-state index in [9.17, 15) is 9.59 Å². The molecule has 4 nitrogen and oxygen atoms in total. The van der Waals surface area contributed by atoms with Gasteiger partial charge < -0.3 is 9.47 Å². The maximum absolute atomic E-state index is 12.0. The van der Waals surface area contributed by atoms with Crippen LogP contribution < -0.4 is 0 Å². The van der Waals surface area contributed by atoms with Gasteiger partial charge >= 0.3 is 11.9 Å². The molecule has 0 aliphatic rings. The molecule has 0 saturated heterocycles. The van der Waals surface area contributed by atoms with Gasteiger partial charge in [0.1, 0.15) is 0 Å². The highest BCUT2D eigenvalue weighted by molar-refractivity contribution is 5.73. The van der Waals surface area contributed by atoms with Crippen molar-refractivity contribution in [2.45, 2.75) is 79.1 Å². The van der Waals surface area contributed by atoms with E-state index >= 15 is 0 Å². The molecule has 2 unspecified atom stereocenters. The third-order valence-corrected chi connectivity index (χ3v) is 3.92. The summed E-state index contributed by atoms with van der Waals surface area (Å²) in [6.07, 6.45) is 7.28. The predicted octanol–water partition coefficient (Wildman–Crippen LogP) is 4.51. The van der Waals surface area contributed by atoms with Gasteiger partial charge in [-0.05, 0) is 39.5 Å². The summed E-state index contributed by atoms with van der Waals surface area (Å²) in [6.45, 7) is 8.72. The number of carbonyl (C=O) groups excluding carboxylic acids is 2. The molecule has 130 valence electrons. The third-order valence-electron chi connectivity index (χ3n) is 3.92. The Kier molecular flexibility index (Phi) is 12.9. The SMILES string of the molecule is CCCCC(CCC(CCCC)C(=O)OCC)C(=O)OCC. The van der Waals surface area contributed by atoms with E-state index < -0.39 is 0 Å². The highest BCUT2D eigenvalue weighted by Gasteiger charge is 2.24. The summed E-state index contributed by atoms with van der Waals surface area (Å²) in [5.41, 5.74) is 0. The van der Waals surface area contributed by atoms with Crippen LogP contribution >= 0.6 is 0 Å². The molecule has 0 rings (SSSR count). The maximum Gasteiger partial charge on any atom is 0.308 e. The molecule has 0 saturated carbocycles. The van der Waals surface area contributed by atoms with Crippen LogP contribution in [0, 0.1) is 11.8 Å². The summed E-state index contributed by atoms with van der Waals surface area (Å²) in [6, 6.07) is 0. The number of hydrogen-bond donors (Lipinski definition) is 0. The Hall–Kier alpha value is -1.06. The fourth-order valence-corrected chi connectivity index (χ4v) is 2.58. The highest BCUT2D eigenvalue weighted by Crippen LogP contribution is 2.24. The molecule has 0 spiro atoms. The van der Waals surface area contributed by atoms with Crippen molar-refractivity contribution in [3.05, 3.63) is 0 Å². The van der Waals surface area contributed by atoms with Crippen molar-refractivity contribution in [2.75, 3.05) is 13.2 Å². The topological polar surface area (TPSA) is 52.6 Å². The van der Waals surface area contributed by atoms with Crippen molar-refractivity contribution in [3.8, 4) is 0 Å². The first kappa shape index (κ1) is 20.9. The molecule has 4 heteroatoms. The summed E-state index contributed by atoms with van der Waals surface area (Å²) >= 11 is 0. The van der Waals surface area contributed by atoms with E-state index in [1.807, 2.05) is 13.8 Å². The average Bonchev–Trinajstić information content (AvgIpc) is 2.50. The van der Waals surface area contributed by atoms with Gasteiger partial charge in [0.25, 0.3) is 0 Å². The monoisotopic (exact) mass is 314 g/mol. The molecule has 0 heterocycles. The van der Waals surface area contributed by atoms with Gasteiger partial charge in [0.2, 0.25) is 0 Å². The molecular weight excluding hydrogens is 280 g/mol. The third kappa shape index (κ3) is 9.06. The van der Waals surface area contributed by atoms with Crippen LogP contribution in [0.1, 0.15) is 79.1 Å². The second-order valence-corrected chi connectivity index (χ2v) is 5.76. The summed E-state index contributed by atoms with van der Waals surface area (Å²) in [5.74, 6) is -0.403. The molecule has 0 amide bonds. The van der Waals surface area contributed by atoms with Crippen LogP contribution in [0.2, 0.25) is 0 Å². The summed E-state index contributed by atoms with van der Waals surface area (Å²) in [4.78, 5) is 24.1. The number of rotatable bonds is 13. The Morgan fingerprint density at radius 3 is 1.32 bits per heavy atom. The van der Waals surface area contributed by atoms with Crippen LogP contribution in [0.15, 0.2) is 0 Å². The van der Waals surface area contributed by atoms with Gasteiger partial charge in [0.15, 0.2) is 0 Å². The summed E-state index contributed by atoms with van der Waals surface area (Å²) in [5, 5.41) is 0. The van der Waals surface area contributed by atoms with Crippen LogP contribution in [-0.4, -0.2) is 25.2 Å². The maximum atomic E-state index is 12.0. The summed E-state index contributed by atoms with van der Waals surface area (Å²) in [7, 11) is 0.